The fourth-order valence-corrected chi connectivity index (χ4v) is 5.95. The molecule has 2 aromatic rings. The normalized spacial score (nSPS) is 23.7. The molecule has 156 valence electrons. The Kier molecular flexibility index (Phi) is 5.72. The smallest absolute Gasteiger partial charge is 0.158 e. The molecule has 10 heteroatoms. The van der Waals surface area contributed by atoms with Crippen molar-refractivity contribution in [2.45, 2.75) is 48.6 Å². The van der Waals surface area contributed by atoms with E-state index in [9.17, 15) is 0 Å². The van der Waals surface area contributed by atoms with Gasteiger partial charge in [0.15, 0.2) is 11.0 Å². The third-order valence-corrected chi connectivity index (χ3v) is 8.06. The number of hydrogen-bond acceptors (Lipinski definition) is 8. The van der Waals surface area contributed by atoms with Gasteiger partial charge in [-0.05, 0) is 43.1 Å². The van der Waals surface area contributed by atoms with Crippen LogP contribution < -0.4 is 22.1 Å². The molecule has 2 aromatic heterocycles. The first kappa shape index (κ1) is 20.8. The summed E-state index contributed by atoms with van der Waals surface area (Å²) >= 11 is 13.5. The lowest BCUT2D eigenvalue weighted by atomic mass is 9.74. The van der Waals surface area contributed by atoms with Crippen LogP contribution in [0.1, 0.15) is 32.6 Å². The van der Waals surface area contributed by atoms with Gasteiger partial charge in [-0.1, -0.05) is 41.9 Å². The minimum atomic E-state index is 0.152. The average Bonchev–Trinajstić information content (AvgIpc) is 2.94. The molecule has 2 aliphatic rings. The summed E-state index contributed by atoms with van der Waals surface area (Å²) in [6.07, 6.45) is 6.28. The second-order valence-corrected chi connectivity index (χ2v) is 9.94. The Morgan fingerprint density at radius 2 is 1.93 bits per heavy atom. The first-order chi connectivity index (χ1) is 13.8. The van der Waals surface area contributed by atoms with E-state index in [-0.39, 0.29) is 16.4 Å². The Hall–Kier alpha value is -1.48. The molecular weight excluding hydrogens is 429 g/mol. The molecule has 0 aromatic carbocycles. The lowest BCUT2D eigenvalue weighted by Gasteiger charge is -2.42. The molecule has 0 bridgehead atoms. The second-order valence-electron chi connectivity index (χ2n) is 8.17. The van der Waals surface area contributed by atoms with Crippen LogP contribution >= 0.6 is 35.0 Å². The maximum atomic E-state index is 6.47. The van der Waals surface area contributed by atoms with Crippen molar-refractivity contribution in [3.8, 4) is 0 Å². The van der Waals surface area contributed by atoms with E-state index in [4.69, 9.17) is 40.4 Å². The molecule has 1 aliphatic heterocycles. The number of nitrogen functional groups attached to an aromatic ring is 2. The maximum Gasteiger partial charge on any atom is 0.158 e. The van der Waals surface area contributed by atoms with Crippen molar-refractivity contribution < 1.29 is 0 Å². The Bertz CT molecular complexity index is 918. The summed E-state index contributed by atoms with van der Waals surface area (Å²) in [5.74, 6) is 2.14. The highest BCUT2D eigenvalue weighted by Gasteiger charge is 2.45. The number of piperidine rings is 1. The Labute approximate surface area is 184 Å². The summed E-state index contributed by atoms with van der Waals surface area (Å²) in [4.78, 5) is 15.9. The molecule has 2 atom stereocenters. The molecule has 4 rings (SSSR count). The predicted octanol–water partition coefficient (Wildman–Crippen LogP) is 3.84. The van der Waals surface area contributed by atoms with E-state index in [0.717, 1.165) is 38.2 Å². The zero-order chi connectivity index (χ0) is 20.8. The number of pyridine rings is 1. The minimum Gasteiger partial charge on any atom is -0.384 e. The number of hydrogen-bond donors (Lipinski definition) is 3. The topological polar surface area (TPSA) is 120 Å². The molecule has 29 heavy (non-hydrogen) atoms. The predicted molar refractivity (Wildman–Crippen MR) is 119 cm³/mol. The standard InChI is InChI=1S/C19H25Cl2N7S/c1-10-6-12(22)19(8-10)2-4-28(5-3-19)14-9-25-18(17(24)27-14)29-11-7-13(23)26-16(21)15(11)20/h7,9-10,12H,2-6,8,22H2,1H3,(H2,23,26)(H2,24,27)/t10-,12+/m0/s1. The Morgan fingerprint density at radius 1 is 1.21 bits per heavy atom. The van der Waals surface area contributed by atoms with Gasteiger partial charge in [0.1, 0.15) is 16.7 Å². The van der Waals surface area contributed by atoms with Crippen LogP contribution in [0.2, 0.25) is 10.2 Å². The zero-order valence-electron chi connectivity index (χ0n) is 16.2. The van der Waals surface area contributed by atoms with Gasteiger partial charge in [0, 0.05) is 24.0 Å². The quantitative estimate of drug-likeness (QED) is 0.599. The summed E-state index contributed by atoms with van der Waals surface area (Å²) < 4.78 is 0. The highest BCUT2D eigenvalue weighted by molar-refractivity contribution is 7.99. The van der Waals surface area contributed by atoms with E-state index in [2.05, 4.69) is 26.8 Å². The van der Waals surface area contributed by atoms with Crippen molar-refractivity contribution in [2.24, 2.45) is 17.1 Å². The summed E-state index contributed by atoms with van der Waals surface area (Å²) in [5, 5.41) is 1.02. The highest BCUT2D eigenvalue weighted by Crippen LogP contribution is 2.48. The number of anilines is 3. The number of halogens is 2. The average molecular weight is 454 g/mol. The van der Waals surface area contributed by atoms with E-state index in [1.54, 1.807) is 12.3 Å². The molecule has 1 spiro atoms. The van der Waals surface area contributed by atoms with Gasteiger partial charge in [-0.25, -0.2) is 15.0 Å². The third-order valence-electron chi connectivity index (χ3n) is 6.14. The number of rotatable bonds is 3. The van der Waals surface area contributed by atoms with Crippen LogP contribution in [0.5, 0.6) is 0 Å². The molecule has 7 nitrogen and oxygen atoms in total. The van der Waals surface area contributed by atoms with Crippen molar-refractivity contribution in [3.63, 3.8) is 0 Å². The van der Waals surface area contributed by atoms with Gasteiger partial charge in [-0.2, -0.15) is 0 Å². The van der Waals surface area contributed by atoms with Crippen LogP contribution in [0.3, 0.4) is 0 Å². The van der Waals surface area contributed by atoms with E-state index in [1.807, 2.05) is 0 Å². The SMILES string of the molecule is C[C@H]1C[C@@H](N)C2(CCN(c3cnc(Sc4cc(N)nc(Cl)c4Cl)c(N)n3)CC2)C1. The molecule has 0 radical (unpaired) electrons. The summed E-state index contributed by atoms with van der Waals surface area (Å²) in [7, 11) is 0. The zero-order valence-corrected chi connectivity index (χ0v) is 18.6. The molecular formula is C19H25Cl2N7S. The summed E-state index contributed by atoms with van der Waals surface area (Å²) in [6, 6.07) is 1.95. The highest BCUT2D eigenvalue weighted by atomic mass is 35.5. The van der Waals surface area contributed by atoms with Gasteiger partial charge in [0.05, 0.1) is 11.2 Å². The van der Waals surface area contributed by atoms with E-state index in [1.165, 1.54) is 18.2 Å². The van der Waals surface area contributed by atoms with Crippen LogP contribution in [0.25, 0.3) is 0 Å². The number of nitrogens with two attached hydrogens (primary N) is 3. The van der Waals surface area contributed by atoms with Crippen molar-refractivity contribution in [2.75, 3.05) is 29.5 Å². The van der Waals surface area contributed by atoms with E-state index >= 15 is 0 Å². The molecule has 2 fully saturated rings. The van der Waals surface area contributed by atoms with Crippen molar-refractivity contribution in [3.05, 3.63) is 22.4 Å². The lowest BCUT2D eigenvalue weighted by molar-refractivity contribution is 0.193. The molecule has 0 unspecified atom stereocenters. The minimum absolute atomic E-state index is 0.152. The second kappa shape index (κ2) is 7.98. The molecule has 6 N–H and O–H groups in total. The van der Waals surface area contributed by atoms with Crippen molar-refractivity contribution in [1.29, 1.82) is 0 Å². The largest absolute Gasteiger partial charge is 0.384 e. The monoisotopic (exact) mass is 453 g/mol. The van der Waals surface area contributed by atoms with Gasteiger partial charge in [0.2, 0.25) is 0 Å². The van der Waals surface area contributed by atoms with Crippen LogP contribution in [0.4, 0.5) is 17.5 Å². The summed E-state index contributed by atoms with van der Waals surface area (Å²) in [5.41, 5.74) is 18.7. The number of aromatic nitrogens is 3. The molecule has 1 saturated heterocycles. The molecule has 0 amide bonds. The van der Waals surface area contributed by atoms with Crippen LogP contribution in [-0.4, -0.2) is 34.1 Å². The van der Waals surface area contributed by atoms with Gasteiger partial charge >= 0.3 is 0 Å². The Balaban J connectivity index is 1.47. The van der Waals surface area contributed by atoms with Gasteiger partial charge in [0.25, 0.3) is 0 Å². The van der Waals surface area contributed by atoms with Crippen LogP contribution in [-0.2, 0) is 0 Å². The first-order valence-electron chi connectivity index (χ1n) is 9.70. The molecule has 3 heterocycles. The lowest BCUT2D eigenvalue weighted by Crippen LogP contribution is -2.47. The fourth-order valence-electron chi connectivity index (χ4n) is 4.65. The number of nitrogens with zero attached hydrogens (tertiary/aromatic N) is 4. The molecule has 1 saturated carbocycles. The van der Waals surface area contributed by atoms with Gasteiger partial charge in [-0.15, -0.1) is 0 Å². The third kappa shape index (κ3) is 4.08. The van der Waals surface area contributed by atoms with E-state index in [0.29, 0.717) is 32.7 Å². The maximum absolute atomic E-state index is 6.47. The molecule has 1 aliphatic carbocycles. The van der Waals surface area contributed by atoms with Crippen molar-refractivity contribution >= 4 is 52.4 Å². The van der Waals surface area contributed by atoms with Crippen LogP contribution in [0, 0.1) is 11.3 Å². The summed E-state index contributed by atoms with van der Waals surface area (Å²) in [6.45, 7) is 4.14. The first-order valence-corrected chi connectivity index (χ1v) is 11.3. The Morgan fingerprint density at radius 3 is 2.55 bits per heavy atom. The van der Waals surface area contributed by atoms with E-state index < -0.39 is 0 Å². The van der Waals surface area contributed by atoms with Crippen molar-refractivity contribution in [1.82, 2.24) is 15.0 Å². The van der Waals surface area contributed by atoms with Gasteiger partial charge < -0.3 is 22.1 Å². The van der Waals surface area contributed by atoms with Crippen LogP contribution in [0.15, 0.2) is 22.2 Å². The fraction of sp³-hybridized carbons (Fsp3) is 0.526. The van der Waals surface area contributed by atoms with Gasteiger partial charge in [-0.3, -0.25) is 0 Å².